The van der Waals surface area contributed by atoms with Crippen molar-refractivity contribution in [3.63, 3.8) is 0 Å². The maximum Gasteiger partial charge on any atom is 0.274 e. The van der Waals surface area contributed by atoms with E-state index in [1.54, 1.807) is 81.8 Å². The van der Waals surface area contributed by atoms with Crippen LogP contribution < -0.4 is 41.2 Å². The van der Waals surface area contributed by atoms with Gasteiger partial charge in [-0.05, 0) is 114 Å². The van der Waals surface area contributed by atoms with Gasteiger partial charge in [-0.3, -0.25) is 52.4 Å². The lowest BCUT2D eigenvalue weighted by Crippen LogP contribution is -2.49. The Labute approximate surface area is 727 Å². The Morgan fingerprint density at radius 2 is 0.772 bits per heavy atom. The van der Waals surface area contributed by atoms with Crippen LogP contribution in [0.3, 0.4) is 0 Å². The zero-order valence-corrected chi connectivity index (χ0v) is 72.8. The Morgan fingerprint density at radius 1 is 0.431 bits per heavy atom. The second kappa shape index (κ2) is 37.5. The number of fused-ring (bicyclic) bond motifs is 3. The molecule has 0 spiro atoms. The molecule has 632 valence electrons. The molecule has 0 aliphatic carbocycles. The molecule has 3 aliphatic heterocycles. The van der Waals surface area contributed by atoms with E-state index in [1.807, 2.05) is 126 Å². The molecule has 0 bridgehead atoms. The van der Waals surface area contributed by atoms with Crippen molar-refractivity contribution in [3.05, 3.63) is 244 Å². The van der Waals surface area contributed by atoms with Crippen LogP contribution in [0.15, 0.2) is 156 Å². The predicted molar refractivity (Wildman–Crippen MR) is 487 cm³/mol. The molecule has 3 saturated heterocycles. The largest absolute Gasteiger partial charge is 0.376 e. The number of piperazine rings is 3. The summed E-state index contributed by atoms with van der Waals surface area (Å²) in [6, 6.07) is 22.7. The Hall–Kier alpha value is -13.1. The number of hydrogen-bond acceptors (Lipinski definition) is 17. The third-order valence-corrected chi connectivity index (χ3v) is 22.7. The van der Waals surface area contributed by atoms with Gasteiger partial charge in [-0.15, -0.1) is 19.3 Å². The molecule has 11 aromatic rings. The van der Waals surface area contributed by atoms with Gasteiger partial charge in [0.25, 0.3) is 16.7 Å². The van der Waals surface area contributed by atoms with Crippen molar-refractivity contribution < 1.29 is 27.6 Å². The predicted octanol–water partition coefficient (Wildman–Crippen LogP) is 15.1. The Kier molecular flexibility index (Phi) is 27.2. The Bertz CT molecular complexity index is 6060. The minimum Gasteiger partial charge on any atom is -0.376 e. The van der Waals surface area contributed by atoms with Gasteiger partial charge in [0, 0.05) is 153 Å². The van der Waals surface area contributed by atoms with E-state index in [0.717, 1.165) is 16.8 Å². The molecule has 29 heteroatoms. The van der Waals surface area contributed by atoms with Crippen molar-refractivity contribution in [1.29, 1.82) is 0 Å². The lowest BCUT2D eigenvalue weighted by atomic mass is 9.96. The summed E-state index contributed by atoms with van der Waals surface area (Å²) in [5.74, 6) is 6.20. The molecule has 0 atom stereocenters. The molecule has 9 aromatic heterocycles. The topological polar surface area (TPSA) is 220 Å². The quantitative estimate of drug-likeness (QED) is 0.0470. The number of amides is 3. The second-order valence-corrected chi connectivity index (χ2v) is 32.4. The first-order valence-corrected chi connectivity index (χ1v) is 41.1. The molecule has 14 rings (SSSR count). The fourth-order valence-corrected chi connectivity index (χ4v) is 16.5. The van der Waals surface area contributed by atoms with Gasteiger partial charge >= 0.3 is 0 Å². The van der Waals surface area contributed by atoms with E-state index in [-0.39, 0.29) is 113 Å². The van der Waals surface area contributed by atoms with Crippen LogP contribution in [0.25, 0.3) is 72.7 Å². The summed E-state index contributed by atoms with van der Waals surface area (Å²) < 4.78 is 49.4. The molecule has 3 aliphatic rings. The van der Waals surface area contributed by atoms with Gasteiger partial charge in [0.15, 0.2) is 33.7 Å². The first-order chi connectivity index (χ1) is 58.8. The Morgan fingerprint density at radius 3 is 1.13 bits per heavy atom. The highest BCUT2D eigenvalue weighted by molar-refractivity contribution is 6.34. The highest BCUT2D eigenvalue weighted by Crippen LogP contribution is 2.44. The van der Waals surface area contributed by atoms with Crippen molar-refractivity contribution in [1.82, 2.24) is 58.3 Å². The average Bonchev–Trinajstić information content (AvgIpc) is 0.737. The smallest absolute Gasteiger partial charge is 0.274 e. The van der Waals surface area contributed by atoms with Crippen molar-refractivity contribution in [3.8, 4) is 76.6 Å². The summed E-state index contributed by atoms with van der Waals surface area (Å²) in [6.45, 7) is 31.8. The third-order valence-electron chi connectivity index (χ3n) is 21.9. The van der Waals surface area contributed by atoms with Gasteiger partial charge in [0.05, 0.1) is 72.6 Å². The summed E-state index contributed by atoms with van der Waals surface area (Å²) >= 11 is 19.8. The molecular weight excluding hydrogens is 1630 g/mol. The van der Waals surface area contributed by atoms with Crippen molar-refractivity contribution >= 4 is 114 Å². The van der Waals surface area contributed by atoms with Gasteiger partial charge < -0.3 is 39.2 Å². The third kappa shape index (κ3) is 17.2. The van der Waals surface area contributed by atoms with E-state index in [1.165, 1.54) is 50.1 Å². The molecule has 0 N–H and O–H groups in total. The minimum atomic E-state index is -0.719. The number of aromatic nitrogens is 9. The maximum absolute atomic E-state index is 15.1. The SMILES string of the molecule is C#Cc1c(N2CCN(C(=O)C=C)CC2)c2cc(Cl)c(-c3ccccc3F)nc2n(-c2c(C(C)C)ccnc2N(C)C)c1=O.C#Cc1c(N2CCN(C(=O)C=C)CC2)c2cc(Cl)c(-c3ccccc3F)nc2n(-c2c(N(C)C)ccnc2C(C)C)c1=O.C#Cc1c(N2CCN(C(=O)C=C)CC2)c2cc(F)c(Cl)nc2n(-c2c(C(C)C)ccnc2C(C)C)c1=O. The molecule has 0 saturated carbocycles. The monoisotopic (exact) mass is 1720 g/mol. The van der Waals surface area contributed by atoms with Gasteiger partial charge in [-0.25, -0.2) is 33.1 Å². The number of nitrogens with zero attached hydrogens (tertiary/aromatic N) is 17. The number of benzene rings is 2. The molecule has 123 heavy (non-hydrogen) atoms. The highest BCUT2D eigenvalue weighted by atomic mass is 35.5. The van der Waals surface area contributed by atoms with E-state index in [2.05, 4.69) is 57.4 Å². The van der Waals surface area contributed by atoms with E-state index in [0.29, 0.717) is 146 Å². The Balaban J connectivity index is 0.000000169. The van der Waals surface area contributed by atoms with Crippen LogP contribution in [0, 0.1) is 54.5 Å². The highest BCUT2D eigenvalue weighted by Gasteiger charge is 2.35. The number of carbonyl (C=O) groups excluding carboxylic acids is 3. The zero-order chi connectivity index (χ0) is 89.0. The normalized spacial score (nSPS) is 13.5. The van der Waals surface area contributed by atoms with E-state index < -0.39 is 34.1 Å². The molecule has 2 aromatic carbocycles. The molecule has 3 fully saturated rings. The maximum atomic E-state index is 15.1. The van der Waals surface area contributed by atoms with E-state index >= 15 is 8.78 Å². The summed E-state index contributed by atoms with van der Waals surface area (Å²) in [7, 11) is 7.45. The van der Waals surface area contributed by atoms with Crippen molar-refractivity contribution in [2.24, 2.45) is 0 Å². The van der Waals surface area contributed by atoms with E-state index in [9.17, 15) is 33.2 Å². The number of rotatable bonds is 17. The van der Waals surface area contributed by atoms with Crippen LogP contribution in [0.5, 0.6) is 0 Å². The molecule has 0 radical (unpaired) electrons. The van der Waals surface area contributed by atoms with Crippen LogP contribution in [0.4, 0.5) is 41.7 Å². The number of carbonyl (C=O) groups is 3. The van der Waals surface area contributed by atoms with Crippen LogP contribution in [-0.4, -0.2) is 183 Å². The molecule has 3 amide bonds. The fraction of sp³-hybridized carbons (Fsp3) is 0.298. The first kappa shape index (κ1) is 89.2. The van der Waals surface area contributed by atoms with Crippen LogP contribution >= 0.6 is 34.8 Å². The summed E-state index contributed by atoms with van der Waals surface area (Å²) in [4.78, 5) is 123. The van der Waals surface area contributed by atoms with Gasteiger partial charge in [0.1, 0.15) is 28.3 Å². The number of hydrogen-bond donors (Lipinski definition) is 0. The molecule has 0 unspecified atom stereocenters. The lowest BCUT2D eigenvalue weighted by Gasteiger charge is -2.37. The lowest BCUT2D eigenvalue weighted by molar-refractivity contribution is -0.127. The standard InChI is InChI=1S/2C33H32ClFN6O2.C28H29ClFN5O2/c1-7-21-29(40-17-15-39(16-18-40)27(42)8-2)24-19-25(34)28(23-11-9-10-12-26(23)35)37-31(24)41(33(21)43)30-22(20(3)4)13-14-36-32(30)38(5)6;1-7-21-30(40-17-15-39(16-18-40)27(42)8-2)23-19-24(34)29(22-11-9-10-12-25(22)35)37-32(23)41(33(21)43)31-26(38(5)6)13-14-36-28(31)20(3)4;1-7-18-24(34-13-11-33(12-14-34)22(36)8-2)20-15-21(30)26(29)32-27(20)35(28(18)37)25-19(16(3)4)9-10-31-23(25)17(5)6/h2*1,8-14,19-20H,2,15-18H2,3-6H3;1,8-10,15-17H,2,11-14H2,3-6H3. The van der Waals surface area contributed by atoms with Gasteiger partial charge in [-0.1, -0.05) is 152 Å². The van der Waals surface area contributed by atoms with Crippen molar-refractivity contribution in [2.45, 2.75) is 79.1 Å². The van der Waals surface area contributed by atoms with Crippen LogP contribution in [0.2, 0.25) is 15.2 Å². The van der Waals surface area contributed by atoms with Gasteiger partial charge in [0.2, 0.25) is 17.7 Å². The summed E-state index contributed by atoms with van der Waals surface area (Å²) in [6.07, 6.45) is 27.1. The molecular formula is C94H93Cl3F3N17O6. The number of pyridine rings is 9. The zero-order valence-electron chi connectivity index (χ0n) is 70.5. The van der Waals surface area contributed by atoms with Crippen molar-refractivity contribution in [2.75, 3.05) is 131 Å². The second-order valence-electron chi connectivity index (χ2n) is 31.2. The molecule has 23 nitrogen and oxygen atoms in total. The first-order valence-electron chi connectivity index (χ1n) is 40.0. The fourth-order valence-electron chi connectivity index (χ4n) is 15.9. The molecule has 12 heterocycles. The number of halogens is 6. The van der Waals surface area contributed by atoms with Gasteiger partial charge in [-0.2, -0.15) is 0 Å². The average molecular weight is 1720 g/mol. The minimum absolute atomic E-state index is 0.0152. The van der Waals surface area contributed by atoms with E-state index in [4.69, 9.17) is 64.0 Å². The van der Waals surface area contributed by atoms with Crippen LogP contribution in [-0.2, 0) is 14.4 Å². The summed E-state index contributed by atoms with van der Waals surface area (Å²) in [5.41, 5.74) is 7.45. The summed E-state index contributed by atoms with van der Waals surface area (Å²) in [5, 5.41) is 1.49. The van der Waals surface area contributed by atoms with Crippen LogP contribution in [0.1, 0.15) is 118 Å². The number of terminal acetylenes is 3. The number of anilines is 5.